The zero-order chi connectivity index (χ0) is 21.5. The van der Waals surface area contributed by atoms with Crippen LogP contribution in [0.1, 0.15) is 64.8 Å². The number of rotatable bonds is 1. The van der Waals surface area contributed by atoms with Gasteiger partial charge in [0.25, 0.3) is 11.8 Å². The van der Waals surface area contributed by atoms with E-state index in [0.717, 1.165) is 50.8 Å². The molecule has 6 atom stereocenters. The van der Waals surface area contributed by atoms with Crippen LogP contribution in [0.3, 0.4) is 0 Å². The number of benzene rings is 1. The van der Waals surface area contributed by atoms with Gasteiger partial charge in [-0.3, -0.25) is 19.3 Å². The van der Waals surface area contributed by atoms with Crippen molar-refractivity contribution in [1.82, 2.24) is 9.80 Å². The lowest BCUT2D eigenvalue weighted by molar-refractivity contribution is -0.925. The normalized spacial score (nSPS) is 39.3. The number of aryl methyl sites for hydroxylation is 1. The van der Waals surface area contributed by atoms with Crippen molar-refractivity contribution in [3.8, 4) is 0 Å². The lowest BCUT2D eigenvalue weighted by atomic mass is 9.67. The van der Waals surface area contributed by atoms with Crippen molar-refractivity contribution in [2.24, 2.45) is 11.8 Å². The molecule has 31 heavy (non-hydrogen) atoms. The molecule has 4 saturated heterocycles. The van der Waals surface area contributed by atoms with Crippen molar-refractivity contribution in [2.45, 2.75) is 63.6 Å². The van der Waals surface area contributed by atoms with E-state index in [0.29, 0.717) is 24.1 Å². The fraction of sp³-hybridized carbons (Fsp3) is 0.625. The summed E-state index contributed by atoms with van der Waals surface area (Å²) in [6.07, 6.45) is 5.11. The van der Waals surface area contributed by atoms with Crippen molar-refractivity contribution in [1.29, 1.82) is 0 Å². The number of fused-ring (bicyclic) bond motifs is 3. The van der Waals surface area contributed by atoms with Gasteiger partial charge in [-0.1, -0.05) is 12.1 Å². The molecule has 1 aromatic rings. The standard InChI is InChI=1S/C24H29N3O4/c1-14-5-2-7-17-20(14)24(30)26(22(17)28)19-10-9-18-16-8-4-12-27(31)11-3-6-15(21(16)27)13-25(18)23(19)29/h2,5,7,15-16,18-19,21H,3-4,6,8-13H2,1H3/t15-,16+,18+,19?,21-,27?/m0/s1. The molecule has 0 bridgehead atoms. The fourth-order valence-corrected chi connectivity index (χ4v) is 7.55. The molecule has 2 unspecified atom stereocenters. The Morgan fingerprint density at radius 1 is 1.00 bits per heavy atom. The summed E-state index contributed by atoms with van der Waals surface area (Å²) >= 11 is 0. The largest absolute Gasteiger partial charge is 0.633 e. The number of nitrogens with zero attached hydrogens (tertiary/aromatic N) is 3. The van der Waals surface area contributed by atoms with E-state index in [1.165, 1.54) is 4.90 Å². The Hall–Kier alpha value is -2.25. The third-order valence-corrected chi connectivity index (χ3v) is 8.75. The minimum atomic E-state index is -0.724. The summed E-state index contributed by atoms with van der Waals surface area (Å²) in [5.74, 6) is -0.294. The molecule has 164 valence electrons. The van der Waals surface area contributed by atoms with Crippen LogP contribution in [0.4, 0.5) is 0 Å². The molecule has 7 nitrogen and oxygen atoms in total. The van der Waals surface area contributed by atoms with E-state index in [4.69, 9.17) is 0 Å². The molecule has 3 amide bonds. The average Bonchev–Trinajstić information content (AvgIpc) is 3.00. The summed E-state index contributed by atoms with van der Waals surface area (Å²) in [6.45, 7) is 3.87. The summed E-state index contributed by atoms with van der Waals surface area (Å²) in [5, 5.41) is 13.5. The minimum absolute atomic E-state index is 0.0605. The second-order valence-corrected chi connectivity index (χ2v) is 10.2. The number of imide groups is 1. The van der Waals surface area contributed by atoms with Crippen molar-refractivity contribution in [3.63, 3.8) is 0 Å². The Kier molecular flexibility index (Phi) is 4.15. The molecule has 6 rings (SSSR count). The maximum atomic E-state index is 13.7. The summed E-state index contributed by atoms with van der Waals surface area (Å²) in [6, 6.07) is 4.77. The van der Waals surface area contributed by atoms with E-state index in [1.807, 2.05) is 17.9 Å². The second-order valence-electron chi connectivity index (χ2n) is 10.2. The van der Waals surface area contributed by atoms with E-state index in [9.17, 15) is 19.6 Å². The highest BCUT2D eigenvalue weighted by atomic mass is 16.5. The first-order valence-electron chi connectivity index (χ1n) is 11.8. The van der Waals surface area contributed by atoms with Crippen LogP contribution in [0.2, 0.25) is 0 Å². The summed E-state index contributed by atoms with van der Waals surface area (Å²) in [5.41, 5.74) is 1.62. The first-order valence-corrected chi connectivity index (χ1v) is 11.8. The fourth-order valence-electron chi connectivity index (χ4n) is 7.55. The summed E-state index contributed by atoms with van der Waals surface area (Å²) < 4.78 is -0.0605. The van der Waals surface area contributed by atoms with Gasteiger partial charge in [0.15, 0.2) is 0 Å². The molecule has 0 N–H and O–H groups in total. The van der Waals surface area contributed by atoms with Gasteiger partial charge >= 0.3 is 0 Å². The van der Waals surface area contributed by atoms with Crippen LogP contribution in [0.15, 0.2) is 18.2 Å². The number of amides is 3. The third kappa shape index (κ3) is 2.56. The highest BCUT2D eigenvalue weighted by Crippen LogP contribution is 2.48. The molecular formula is C24H29N3O4. The highest BCUT2D eigenvalue weighted by molar-refractivity contribution is 6.23. The molecule has 5 aliphatic heterocycles. The SMILES string of the molecule is Cc1cccc2c1C(=O)N(C1CC[C@@H]3[C@H]4CCC[N+]5([O-])CCC[C@@H](CN3C1=O)[C@@H]45)C2=O. The number of piperidine rings is 4. The molecular weight excluding hydrogens is 394 g/mol. The predicted octanol–water partition coefficient (Wildman–Crippen LogP) is 2.47. The van der Waals surface area contributed by atoms with Gasteiger partial charge in [-0.2, -0.15) is 0 Å². The smallest absolute Gasteiger partial charge is 0.262 e. The van der Waals surface area contributed by atoms with E-state index in [2.05, 4.69) is 0 Å². The Morgan fingerprint density at radius 3 is 2.55 bits per heavy atom. The van der Waals surface area contributed by atoms with Gasteiger partial charge in [0, 0.05) is 24.4 Å². The van der Waals surface area contributed by atoms with Gasteiger partial charge in [0.2, 0.25) is 5.91 Å². The molecule has 4 fully saturated rings. The van der Waals surface area contributed by atoms with E-state index >= 15 is 0 Å². The number of quaternary nitrogens is 1. The zero-order valence-corrected chi connectivity index (χ0v) is 18.0. The van der Waals surface area contributed by atoms with Gasteiger partial charge < -0.3 is 14.8 Å². The minimum Gasteiger partial charge on any atom is -0.633 e. The van der Waals surface area contributed by atoms with Crippen LogP contribution in [0.25, 0.3) is 0 Å². The quantitative estimate of drug-likeness (QED) is 0.395. The van der Waals surface area contributed by atoms with Crippen molar-refractivity contribution in [2.75, 3.05) is 19.6 Å². The van der Waals surface area contributed by atoms with Crippen LogP contribution in [0.5, 0.6) is 0 Å². The Labute approximate surface area is 182 Å². The Balaban J connectivity index is 1.31. The number of hydrogen-bond acceptors (Lipinski definition) is 4. The van der Waals surface area contributed by atoms with Gasteiger partial charge in [-0.15, -0.1) is 0 Å². The van der Waals surface area contributed by atoms with Gasteiger partial charge in [0.1, 0.15) is 6.04 Å². The predicted molar refractivity (Wildman–Crippen MR) is 113 cm³/mol. The van der Waals surface area contributed by atoms with Crippen molar-refractivity contribution < 1.29 is 19.0 Å². The molecule has 7 heteroatoms. The molecule has 0 spiro atoms. The van der Waals surface area contributed by atoms with Crippen LogP contribution in [0, 0.1) is 24.0 Å². The molecule has 0 radical (unpaired) electrons. The Bertz CT molecular complexity index is 989. The van der Waals surface area contributed by atoms with Gasteiger partial charge in [-0.05, 0) is 57.1 Å². The topological polar surface area (TPSA) is 80.8 Å². The number of carbonyl (C=O) groups is 3. The highest BCUT2D eigenvalue weighted by Gasteiger charge is 2.58. The number of hydroxylamine groups is 3. The maximum absolute atomic E-state index is 13.7. The van der Waals surface area contributed by atoms with E-state index in [1.54, 1.807) is 12.1 Å². The third-order valence-electron chi connectivity index (χ3n) is 8.75. The van der Waals surface area contributed by atoms with Crippen molar-refractivity contribution >= 4 is 17.7 Å². The average molecular weight is 424 g/mol. The molecule has 5 heterocycles. The van der Waals surface area contributed by atoms with Gasteiger partial charge in [-0.25, -0.2) is 0 Å². The van der Waals surface area contributed by atoms with Crippen molar-refractivity contribution in [3.05, 3.63) is 40.1 Å². The monoisotopic (exact) mass is 423 g/mol. The molecule has 1 aromatic carbocycles. The van der Waals surface area contributed by atoms with E-state index in [-0.39, 0.29) is 46.3 Å². The molecule has 0 aliphatic carbocycles. The van der Waals surface area contributed by atoms with Crippen LogP contribution in [-0.2, 0) is 4.79 Å². The zero-order valence-electron chi connectivity index (χ0n) is 18.0. The maximum Gasteiger partial charge on any atom is 0.262 e. The molecule has 0 aromatic heterocycles. The van der Waals surface area contributed by atoms with Crippen LogP contribution < -0.4 is 0 Å². The first-order chi connectivity index (χ1) is 14.9. The summed E-state index contributed by atoms with van der Waals surface area (Å²) in [7, 11) is 0. The lowest BCUT2D eigenvalue weighted by Crippen LogP contribution is -2.73. The number of carbonyl (C=O) groups excluding carboxylic acids is 3. The van der Waals surface area contributed by atoms with E-state index < -0.39 is 6.04 Å². The number of hydrogen-bond donors (Lipinski definition) is 0. The van der Waals surface area contributed by atoms with Crippen LogP contribution >= 0.6 is 0 Å². The molecule has 5 aliphatic rings. The Morgan fingerprint density at radius 2 is 1.77 bits per heavy atom. The summed E-state index contributed by atoms with van der Waals surface area (Å²) in [4.78, 5) is 43.1. The first kappa shape index (κ1) is 19.4. The van der Waals surface area contributed by atoms with Gasteiger partial charge in [0.05, 0.1) is 30.3 Å². The lowest BCUT2D eigenvalue weighted by Gasteiger charge is -2.64. The molecule has 0 saturated carbocycles. The second kappa shape index (κ2) is 6.62. The van der Waals surface area contributed by atoms with Crippen LogP contribution in [-0.4, -0.2) is 69.9 Å².